The van der Waals surface area contributed by atoms with E-state index >= 15 is 0 Å². The van der Waals surface area contributed by atoms with Crippen molar-refractivity contribution in [1.82, 2.24) is 4.90 Å². The van der Waals surface area contributed by atoms with Crippen LogP contribution in [0.1, 0.15) is 15.9 Å². The molecule has 0 atom stereocenters. The van der Waals surface area contributed by atoms with Gasteiger partial charge in [-0.25, -0.2) is 4.79 Å². The van der Waals surface area contributed by atoms with Crippen molar-refractivity contribution in [3.05, 3.63) is 112 Å². The minimum Gasteiger partial charge on any atom is -0.491 e. The Morgan fingerprint density at radius 3 is 2.49 bits per heavy atom. The van der Waals surface area contributed by atoms with E-state index in [1.165, 1.54) is 0 Å². The summed E-state index contributed by atoms with van der Waals surface area (Å²) in [5, 5.41) is 1.63. The highest BCUT2D eigenvalue weighted by Crippen LogP contribution is 2.35. The highest BCUT2D eigenvalue weighted by Gasteiger charge is 2.35. The van der Waals surface area contributed by atoms with Gasteiger partial charge in [-0.3, -0.25) is 14.5 Å². The first-order valence-electron chi connectivity index (χ1n) is 11.4. The van der Waals surface area contributed by atoms with Gasteiger partial charge in [0.05, 0.1) is 17.0 Å². The van der Waals surface area contributed by atoms with E-state index in [-0.39, 0.29) is 29.0 Å². The zero-order valence-electron chi connectivity index (χ0n) is 19.4. The molecule has 0 saturated carbocycles. The number of fused-ring (bicyclic) bond motifs is 1. The lowest BCUT2D eigenvalue weighted by molar-refractivity contribution is -0.123. The number of imide groups is 1. The number of rotatable bonds is 7. The molecule has 6 nitrogen and oxygen atoms in total. The molecule has 1 aliphatic heterocycles. The predicted octanol–water partition coefficient (Wildman–Crippen LogP) is 6.94. The summed E-state index contributed by atoms with van der Waals surface area (Å²) in [5.74, 6) is 0.0378. The van der Waals surface area contributed by atoms with Crippen LogP contribution in [0.4, 0.5) is 4.79 Å². The van der Waals surface area contributed by atoms with Gasteiger partial charge in [0.25, 0.3) is 11.1 Å². The molecule has 184 valence electrons. The number of benzene rings is 4. The molecular weight excluding hydrogens is 554 g/mol. The van der Waals surface area contributed by atoms with Crippen LogP contribution in [-0.2, 0) is 4.79 Å². The SMILES string of the molecule is O=C(Oc1ccc(Br)cc1/C=C1\SC(=O)N(CCOc2cccc3ccccc23)C1=O)c1ccccc1. The first kappa shape index (κ1) is 24.8. The number of thioether (sulfide) groups is 1. The Kier molecular flexibility index (Phi) is 7.39. The minimum absolute atomic E-state index is 0.111. The van der Waals surface area contributed by atoms with Crippen molar-refractivity contribution in [1.29, 1.82) is 0 Å². The minimum atomic E-state index is -0.517. The molecule has 1 aliphatic rings. The molecular formula is C29H20BrNO5S. The van der Waals surface area contributed by atoms with E-state index in [1.807, 2.05) is 48.5 Å². The van der Waals surface area contributed by atoms with Crippen molar-refractivity contribution in [3.63, 3.8) is 0 Å². The van der Waals surface area contributed by atoms with Crippen LogP contribution in [0.5, 0.6) is 11.5 Å². The van der Waals surface area contributed by atoms with E-state index < -0.39 is 11.9 Å². The zero-order valence-corrected chi connectivity index (χ0v) is 21.8. The Morgan fingerprint density at radius 2 is 1.65 bits per heavy atom. The highest BCUT2D eigenvalue weighted by molar-refractivity contribution is 9.10. The first-order valence-corrected chi connectivity index (χ1v) is 13.0. The third-order valence-electron chi connectivity index (χ3n) is 5.67. The van der Waals surface area contributed by atoms with Crippen molar-refractivity contribution in [2.45, 2.75) is 0 Å². The summed E-state index contributed by atoms with van der Waals surface area (Å²) in [5.41, 5.74) is 0.902. The van der Waals surface area contributed by atoms with E-state index in [0.29, 0.717) is 16.9 Å². The standard InChI is InChI=1S/C29H20BrNO5S/c30-22-13-14-24(36-28(33)20-8-2-1-3-9-20)21(17-22)18-26-27(32)31(29(34)37-26)15-16-35-25-12-6-10-19-7-4-5-11-23(19)25/h1-14,17-18H,15-16H2/b26-18-. The van der Waals surface area contributed by atoms with Gasteiger partial charge in [-0.1, -0.05) is 70.5 Å². The van der Waals surface area contributed by atoms with Gasteiger partial charge >= 0.3 is 5.97 Å². The molecule has 0 N–H and O–H groups in total. The van der Waals surface area contributed by atoms with Crippen LogP contribution in [-0.4, -0.2) is 35.2 Å². The first-order chi connectivity index (χ1) is 18.0. The molecule has 1 fully saturated rings. The third kappa shape index (κ3) is 5.60. The van der Waals surface area contributed by atoms with E-state index in [9.17, 15) is 14.4 Å². The Labute approximate surface area is 226 Å². The second-order valence-corrected chi connectivity index (χ2v) is 10.0. The Hall–Kier alpha value is -3.88. The summed E-state index contributed by atoms with van der Waals surface area (Å²) in [6.07, 6.45) is 1.56. The Bertz CT molecular complexity index is 1530. The topological polar surface area (TPSA) is 72.9 Å². The fraction of sp³-hybridized carbons (Fsp3) is 0.0690. The molecule has 0 bridgehead atoms. The van der Waals surface area contributed by atoms with Crippen molar-refractivity contribution >= 4 is 61.7 Å². The number of hydrogen-bond donors (Lipinski definition) is 0. The quantitative estimate of drug-likeness (QED) is 0.135. The Morgan fingerprint density at radius 1 is 0.892 bits per heavy atom. The average Bonchev–Trinajstić information content (AvgIpc) is 3.18. The number of hydrogen-bond acceptors (Lipinski definition) is 6. The monoisotopic (exact) mass is 573 g/mol. The van der Waals surface area contributed by atoms with Crippen LogP contribution in [0.15, 0.2) is 100 Å². The summed E-state index contributed by atoms with van der Waals surface area (Å²) in [4.78, 5) is 39.7. The molecule has 4 aromatic rings. The summed E-state index contributed by atoms with van der Waals surface area (Å²) >= 11 is 4.26. The molecule has 0 aliphatic carbocycles. The molecule has 4 aromatic carbocycles. The molecule has 2 amide bonds. The van der Waals surface area contributed by atoms with E-state index in [1.54, 1.807) is 48.5 Å². The maximum atomic E-state index is 13.1. The summed E-state index contributed by atoms with van der Waals surface area (Å²) in [6.45, 7) is 0.274. The largest absolute Gasteiger partial charge is 0.491 e. The van der Waals surface area contributed by atoms with Crippen LogP contribution in [0.25, 0.3) is 16.8 Å². The maximum Gasteiger partial charge on any atom is 0.343 e. The van der Waals surface area contributed by atoms with Crippen molar-refractivity contribution in [3.8, 4) is 11.5 Å². The summed E-state index contributed by atoms with van der Waals surface area (Å²) in [6, 6.07) is 27.3. The van der Waals surface area contributed by atoms with Gasteiger partial charge in [-0.2, -0.15) is 0 Å². The van der Waals surface area contributed by atoms with Crippen molar-refractivity contribution < 1.29 is 23.9 Å². The normalized spacial score (nSPS) is 14.4. The predicted molar refractivity (Wildman–Crippen MR) is 148 cm³/mol. The number of carbonyl (C=O) groups excluding carboxylic acids is 3. The molecule has 1 saturated heterocycles. The van der Waals surface area contributed by atoms with Gasteiger partial charge in [0.2, 0.25) is 0 Å². The second kappa shape index (κ2) is 11.0. The lowest BCUT2D eigenvalue weighted by Crippen LogP contribution is -2.32. The van der Waals surface area contributed by atoms with E-state index in [2.05, 4.69) is 15.9 Å². The third-order valence-corrected chi connectivity index (χ3v) is 7.07. The summed E-state index contributed by atoms with van der Waals surface area (Å²) < 4.78 is 12.2. The molecule has 5 rings (SSSR count). The summed E-state index contributed by atoms with van der Waals surface area (Å²) in [7, 11) is 0. The fourth-order valence-corrected chi connectivity index (χ4v) is 5.10. The number of carbonyl (C=O) groups is 3. The maximum absolute atomic E-state index is 13.1. The van der Waals surface area contributed by atoms with Crippen molar-refractivity contribution in [2.75, 3.05) is 13.2 Å². The van der Waals surface area contributed by atoms with Crippen molar-refractivity contribution in [2.24, 2.45) is 0 Å². The smallest absolute Gasteiger partial charge is 0.343 e. The molecule has 0 radical (unpaired) electrons. The lowest BCUT2D eigenvalue weighted by Gasteiger charge is -2.14. The fourth-order valence-electron chi connectivity index (χ4n) is 3.86. The van der Waals surface area contributed by atoms with Gasteiger partial charge in [-0.15, -0.1) is 0 Å². The van der Waals surface area contributed by atoms with Gasteiger partial charge in [0.15, 0.2) is 0 Å². The number of ether oxygens (including phenoxy) is 2. The number of esters is 1. The highest BCUT2D eigenvalue weighted by atomic mass is 79.9. The van der Waals surface area contributed by atoms with Crippen LogP contribution < -0.4 is 9.47 Å². The van der Waals surface area contributed by atoms with Crippen LogP contribution in [0.2, 0.25) is 0 Å². The van der Waals surface area contributed by atoms with E-state index in [0.717, 1.165) is 31.9 Å². The molecule has 0 spiro atoms. The lowest BCUT2D eigenvalue weighted by atomic mass is 10.1. The number of nitrogens with zero attached hydrogens (tertiary/aromatic N) is 1. The van der Waals surface area contributed by atoms with E-state index in [4.69, 9.17) is 9.47 Å². The molecule has 0 aromatic heterocycles. The van der Waals surface area contributed by atoms with Gasteiger partial charge in [0, 0.05) is 15.4 Å². The second-order valence-electron chi connectivity index (χ2n) is 8.10. The molecule has 0 unspecified atom stereocenters. The number of halogens is 1. The zero-order chi connectivity index (χ0) is 25.8. The van der Waals surface area contributed by atoms with Crippen LogP contribution in [0.3, 0.4) is 0 Å². The van der Waals surface area contributed by atoms with Gasteiger partial charge in [0.1, 0.15) is 18.1 Å². The number of amides is 2. The molecule has 8 heteroatoms. The van der Waals surface area contributed by atoms with Crippen LogP contribution in [0, 0.1) is 0 Å². The Balaban J connectivity index is 1.30. The molecule has 37 heavy (non-hydrogen) atoms. The average molecular weight is 574 g/mol. The van der Waals surface area contributed by atoms with Gasteiger partial charge in [-0.05, 0) is 59.6 Å². The van der Waals surface area contributed by atoms with Crippen LogP contribution >= 0.6 is 27.7 Å². The molecule has 1 heterocycles. The van der Waals surface area contributed by atoms with Gasteiger partial charge < -0.3 is 9.47 Å².